The van der Waals surface area contributed by atoms with E-state index in [1.165, 1.54) is 11.1 Å². The number of H-pyrrole nitrogens is 1. The molecule has 5 nitrogen and oxygen atoms in total. The number of rotatable bonds is 4. The van der Waals surface area contributed by atoms with E-state index in [9.17, 15) is 9.59 Å². The monoisotopic (exact) mass is 429 g/mol. The van der Waals surface area contributed by atoms with Crippen LogP contribution in [0.2, 0.25) is 0 Å². The van der Waals surface area contributed by atoms with E-state index in [0.29, 0.717) is 6.54 Å². The van der Waals surface area contributed by atoms with Gasteiger partial charge in [0.2, 0.25) is 5.91 Å². The number of aryl methyl sites for hydroxylation is 1. The summed E-state index contributed by atoms with van der Waals surface area (Å²) >= 11 is 0. The van der Waals surface area contributed by atoms with Crippen molar-refractivity contribution >= 4 is 22.7 Å². The third kappa shape index (κ3) is 2.83. The average Bonchev–Trinajstić information content (AvgIpc) is 3.22. The number of carbonyl (C=O) groups is 2. The molecule has 2 aliphatic rings. The molecule has 5 rings (SSSR count). The minimum absolute atomic E-state index is 0.0130. The molecule has 1 aromatic heterocycles. The zero-order valence-corrected chi connectivity index (χ0v) is 19.3. The van der Waals surface area contributed by atoms with E-state index in [1.54, 1.807) is 4.90 Å². The van der Waals surface area contributed by atoms with Crippen molar-refractivity contribution in [1.82, 2.24) is 14.8 Å². The molecular formula is C27H31N3O2. The van der Waals surface area contributed by atoms with Crippen LogP contribution in [0, 0.1) is 0 Å². The number of piperazine rings is 1. The Labute approximate surface area is 189 Å². The van der Waals surface area contributed by atoms with Crippen molar-refractivity contribution in [2.75, 3.05) is 13.1 Å². The predicted molar refractivity (Wildman–Crippen MR) is 126 cm³/mol. The minimum Gasteiger partial charge on any atom is -0.356 e. The van der Waals surface area contributed by atoms with E-state index in [1.807, 2.05) is 30.9 Å². The fraction of sp³-hybridized carbons (Fsp3) is 0.407. The van der Waals surface area contributed by atoms with Crippen LogP contribution in [0.3, 0.4) is 0 Å². The number of hydrogen-bond acceptors (Lipinski definition) is 2. The lowest BCUT2D eigenvalue weighted by molar-refractivity contribution is -0.168. The quantitative estimate of drug-likeness (QED) is 0.661. The van der Waals surface area contributed by atoms with E-state index in [0.717, 1.165) is 35.0 Å². The zero-order chi connectivity index (χ0) is 22.6. The van der Waals surface area contributed by atoms with Crippen LogP contribution in [0.25, 0.3) is 10.9 Å². The number of nitrogens with one attached hydrogen (secondary N) is 1. The van der Waals surface area contributed by atoms with Gasteiger partial charge in [0.15, 0.2) is 5.54 Å². The van der Waals surface area contributed by atoms with Crippen LogP contribution in [-0.4, -0.2) is 45.7 Å². The fourth-order valence-corrected chi connectivity index (χ4v) is 5.49. The van der Waals surface area contributed by atoms with E-state index >= 15 is 0 Å². The van der Waals surface area contributed by atoms with Crippen LogP contribution in [0.5, 0.6) is 0 Å². The number of fused-ring (bicyclic) bond motifs is 5. The second-order valence-electron chi connectivity index (χ2n) is 9.37. The second kappa shape index (κ2) is 7.51. The molecule has 3 heterocycles. The Morgan fingerprint density at radius 1 is 1.09 bits per heavy atom. The van der Waals surface area contributed by atoms with Gasteiger partial charge in [-0.05, 0) is 49.4 Å². The maximum atomic E-state index is 13.9. The normalized spacial score (nSPS) is 23.9. The Balaban J connectivity index is 1.73. The zero-order valence-electron chi connectivity index (χ0n) is 19.3. The number of aromatic nitrogens is 1. The number of amides is 2. The highest BCUT2D eigenvalue weighted by Crippen LogP contribution is 2.48. The molecule has 2 aromatic carbocycles. The summed E-state index contributed by atoms with van der Waals surface area (Å²) in [6.07, 6.45) is 1.81. The van der Waals surface area contributed by atoms with Gasteiger partial charge in [0.25, 0.3) is 5.91 Å². The molecule has 0 unspecified atom stereocenters. The summed E-state index contributed by atoms with van der Waals surface area (Å²) in [6, 6.07) is 17.0. The Morgan fingerprint density at radius 2 is 1.81 bits per heavy atom. The Bertz CT molecular complexity index is 1200. The van der Waals surface area contributed by atoms with Gasteiger partial charge in [0, 0.05) is 29.4 Å². The number of carbonyl (C=O) groups excluding carboxylic acids is 2. The molecule has 2 amide bonds. The van der Waals surface area contributed by atoms with Gasteiger partial charge >= 0.3 is 0 Å². The van der Waals surface area contributed by atoms with Crippen LogP contribution < -0.4 is 0 Å². The van der Waals surface area contributed by atoms with Gasteiger partial charge in [-0.3, -0.25) is 9.59 Å². The lowest BCUT2D eigenvalue weighted by atomic mass is 9.76. The molecule has 5 heteroatoms. The standard InChI is InChI=1S/C27H31N3O2/c1-5-17(3)29-16-23(31)30-15-21(19-13-11-18(6-2)12-14-19)24-20-9-7-8-10-22(20)28-25(24)27(30,4)26(29)32/h7-14,17,21,28H,5-6,15-16H2,1-4H3/t17-,21+,27-/m0/s1. The van der Waals surface area contributed by atoms with Crippen LogP contribution in [0.15, 0.2) is 48.5 Å². The molecular weight excluding hydrogens is 398 g/mol. The lowest BCUT2D eigenvalue weighted by Crippen LogP contribution is -2.68. The summed E-state index contributed by atoms with van der Waals surface area (Å²) in [5.74, 6) is 0.0537. The highest BCUT2D eigenvalue weighted by Gasteiger charge is 2.56. The summed E-state index contributed by atoms with van der Waals surface area (Å²) in [6.45, 7) is 8.82. The van der Waals surface area contributed by atoms with Crippen LogP contribution in [-0.2, 0) is 21.5 Å². The fourth-order valence-electron chi connectivity index (χ4n) is 5.49. The van der Waals surface area contributed by atoms with Gasteiger partial charge in [-0.15, -0.1) is 0 Å². The van der Waals surface area contributed by atoms with Crippen molar-refractivity contribution < 1.29 is 9.59 Å². The van der Waals surface area contributed by atoms with Gasteiger partial charge in [0.1, 0.15) is 6.54 Å². The second-order valence-corrected chi connectivity index (χ2v) is 9.37. The third-order valence-electron chi connectivity index (χ3n) is 7.68. The maximum Gasteiger partial charge on any atom is 0.255 e. The highest BCUT2D eigenvalue weighted by molar-refractivity contribution is 6.01. The molecule has 0 saturated carbocycles. The van der Waals surface area contributed by atoms with Crippen LogP contribution >= 0.6 is 0 Å². The SMILES string of the molecule is CCc1ccc([C@H]2CN3C(=O)CN([C@@H](C)CC)C(=O)[C@]3(C)c3[nH]c4ccccc4c32)cc1. The Hall–Kier alpha value is -3.08. The van der Waals surface area contributed by atoms with Gasteiger partial charge in [0.05, 0.1) is 5.69 Å². The molecule has 1 N–H and O–H groups in total. The summed E-state index contributed by atoms with van der Waals surface area (Å²) in [7, 11) is 0. The largest absolute Gasteiger partial charge is 0.356 e. The highest BCUT2D eigenvalue weighted by atomic mass is 16.2. The molecule has 0 aliphatic carbocycles. The molecule has 1 fully saturated rings. The Kier molecular flexibility index (Phi) is 4.88. The van der Waals surface area contributed by atoms with Crippen molar-refractivity contribution in [3.05, 3.63) is 70.9 Å². The molecule has 0 radical (unpaired) electrons. The van der Waals surface area contributed by atoms with E-state index in [2.05, 4.69) is 55.2 Å². The van der Waals surface area contributed by atoms with Crippen LogP contribution in [0.1, 0.15) is 62.4 Å². The first kappa shape index (κ1) is 20.8. The van der Waals surface area contributed by atoms with Gasteiger partial charge in [-0.25, -0.2) is 0 Å². The van der Waals surface area contributed by atoms with Gasteiger partial charge in [-0.1, -0.05) is 56.3 Å². The summed E-state index contributed by atoms with van der Waals surface area (Å²) in [4.78, 5) is 34.5. The smallest absolute Gasteiger partial charge is 0.255 e. The van der Waals surface area contributed by atoms with Crippen LogP contribution in [0.4, 0.5) is 0 Å². The molecule has 166 valence electrons. The average molecular weight is 430 g/mol. The van der Waals surface area contributed by atoms with E-state index < -0.39 is 5.54 Å². The molecule has 0 bridgehead atoms. The lowest BCUT2D eigenvalue weighted by Gasteiger charge is -2.52. The van der Waals surface area contributed by atoms with Crippen molar-refractivity contribution in [2.24, 2.45) is 0 Å². The maximum absolute atomic E-state index is 13.9. The first-order valence-electron chi connectivity index (χ1n) is 11.7. The molecule has 2 aliphatic heterocycles. The topological polar surface area (TPSA) is 56.4 Å². The number of hydrogen-bond donors (Lipinski definition) is 1. The third-order valence-corrected chi connectivity index (χ3v) is 7.68. The molecule has 1 saturated heterocycles. The Morgan fingerprint density at radius 3 is 2.50 bits per heavy atom. The van der Waals surface area contributed by atoms with Crippen molar-refractivity contribution in [2.45, 2.75) is 58.0 Å². The molecule has 3 atom stereocenters. The first-order chi connectivity index (χ1) is 15.4. The molecule has 3 aromatic rings. The summed E-state index contributed by atoms with van der Waals surface area (Å²) < 4.78 is 0. The number of para-hydroxylation sites is 1. The number of nitrogens with zero attached hydrogens (tertiary/aromatic N) is 2. The van der Waals surface area contributed by atoms with Crippen molar-refractivity contribution in [3.63, 3.8) is 0 Å². The van der Waals surface area contributed by atoms with Crippen molar-refractivity contribution in [3.8, 4) is 0 Å². The van der Waals surface area contributed by atoms with Gasteiger partial charge in [-0.2, -0.15) is 0 Å². The summed E-state index contributed by atoms with van der Waals surface area (Å²) in [5, 5.41) is 1.13. The number of aromatic amines is 1. The first-order valence-corrected chi connectivity index (χ1v) is 11.7. The number of benzene rings is 2. The minimum atomic E-state index is -1.02. The van der Waals surface area contributed by atoms with Gasteiger partial charge < -0.3 is 14.8 Å². The van der Waals surface area contributed by atoms with Crippen molar-refractivity contribution in [1.29, 1.82) is 0 Å². The predicted octanol–water partition coefficient (Wildman–Crippen LogP) is 4.56. The summed E-state index contributed by atoms with van der Waals surface area (Å²) in [5.41, 5.74) is 4.47. The van der Waals surface area contributed by atoms with E-state index in [4.69, 9.17) is 0 Å². The van der Waals surface area contributed by atoms with E-state index in [-0.39, 0.29) is 30.3 Å². The molecule has 32 heavy (non-hydrogen) atoms. The molecule has 0 spiro atoms.